The quantitative estimate of drug-likeness (QED) is 0.331. The minimum atomic E-state index is -4.74. The summed E-state index contributed by atoms with van der Waals surface area (Å²) in [5.74, 6) is 1.09. The van der Waals surface area contributed by atoms with Crippen molar-refractivity contribution in [2.24, 2.45) is 0 Å². The molecule has 5 rings (SSSR count). The van der Waals surface area contributed by atoms with Crippen molar-refractivity contribution < 1.29 is 32.3 Å². The maximum Gasteiger partial charge on any atom is 0.573 e. The highest BCUT2D eigenvalue weighted by Gasteiger charge is 2.31. The van der Waals surface area contributed by atoms with E-state index in [-0.39, 0.29) is 12.4 Å². The summed E-state index contributed by atoms with van der Waals surface area (Å²) in [5, 5.41) is 15.4. The zero-order chi connectivity index (χ0) is 26.7. The number of hydrogen-bond donors (Lipinski definition) is 1. The molecule has 0 radical (unpaired) electrons. The van der Waals surface area contributed by atoms with Crippen LogP contribution in [0.4, 0.5) is 13.2 Å². The van der Waals surface area contributed by atoms with E-state index in [1.165, 1.54) is 24.3 Å². The number of piperazine rings is 1. The Morgan fingerprint density at radius 2 is 1.74 bits per heavy atom. The lowest BCUT2D eigenvalue weighted by molar-refractivity contribution is -0.274. The van der Waals surface area contributed by atoms with Crippen LogP contribution in [-0.2, 0) is 6.54 Å². The van der Waals surface area contributed by atoms with Crippen molar-refractivity contribution in [3.63, 3.8) is 0 Å². The van der Waals surface area contributed by atoms with Crippen LogP contribution < -0.4 is 9.47 Å². The summed E-state index contributed by atoms with van der Waals surface area (Å²) in [6.07, 6.45) is -5.37. The number of β-amino-alcohol motifs (C(OH)–C–C–N with tert-alkyl or cyclic N) is 1. The average molecular weight is 550 g/mol. The van der Waals surface area contributed by atoms with Crippen LogP contribution in [0.3, 0.4) is 0 Å². The van der Waals surface area contributed by atoms with Crippen molar-refractivity contribution >= 4 is 21.6 Å². The first-order valence-electron chi connectivity index (χ1n) is 12.0. The van der Waals surface area contributed by atoms with Crippen molar-refractivity contribution in [2.75, 3.05) is 39.3 Å². The molecule has 2 aromatic heterocycles. The van der Waals surface area contributed by atoms with Crippen molar-refractivity contribution in [1.29, 1.82) is 0 Å². The fraction of sp³-hybridized carbons (Fsp3) is 0.400. The van der Waals surface area contributed by atoms with Crippen molar-refractivity contribution in [2.45, 2.75) is 25.9 Å². The minimum Gasteiger partial charge on any atom is -0.491 e. The van der Waals surface area contributed by atoms with Crippen molar-refractivity contribution in [1.82, 2.24) is 24.9 Å². The monoisotopic (exact) mass is 549 g/mol. The third-order valence-corrected chi connectivity index (χ3v) is 6.97. The van der Waals surface area contributed by atoms with Gasteiger partial charge >= 0.3 is 6.36 Å². The average Bonchev–Trinajstić information content (AvgIpc) is 3.48. The van der Waals surface area contributed by atoms with Gasteiger partial charge in [0.2, 0.25) is 11.7 Å². The van der Waals surface area contributed by atoms with Gasteiger partial charge in [-0.15, -0.1) is 24.5 Å². The number of alkyl halides is 3. The summed E-state index contributed by atoms with van der Waals surface area (Å²) in [6, 6.07) is 11.1. The Morgan fingerprint density at radius 1 is 1.03 bits per heavy atom. The number of nitrogens with zero attached hydrogens (tertiary/aromatic N) is 5. The lowest BCUT2D eigenvalue weighted by atomic mass is 10.2. The van der Waals surface area contributed by atoms with Gasteiger partial charge in [-0.05, 0) is 43.3 Å². The van der Waals surface area contributed by atoms with Gasteiger partial charge in [-0.25, -0.2) is 4.98 Å². The fourth-order valence-corrected chi connectivity index (χ4v) is 5.03. The van der Waals surface area contributed by atoms with Crippen molar-refractivity contribution in [3.8, 4) is 22.9 Å². The highest BCUT2D eigenvalue weighted by Crippen LogP contribution is 2.27. The zero-order valence-corrected chi connectivity index (χ0v) is 21.3. The van der Waals surface area contributed by atoms with Crippen molar-refractivity contribution in [3.05, 3.63) is 53.4 Å². The smallest absolute Gasteiger partial charge is 0.491 e. The van der Waals surface area contributed by atoms with Gasteiger partial charge in [0.15, 0.2) is 0 Å². The molecule has 0 aliphatic carbocycles. The molecule has 13 heteroatoms. The van der Waals surface area contributed by atoms with E-state index in [2.05, 4.69) is 29.7 Å². The largest absolute Gasteiger partial charge is 0.573 e. The second-order valence-electron chi connectivity index (χ2n) is 8.99. The Hall–Kier alpha value is -3.26. The molecule has 1 N–H and O–H groups in total. The number of thiazole rings is 1. The van der Waals surface area contributed by atoms with E-state index in [0.29, 0.717) is 36.1 Å². The number of hydrogen-bond acceptors (Lipinski definition) is 10. The summed E-state index contributed by atoms with van der Waals surface area (Å²) in [6.45, 7) is 6.18. The van der Waals surface area contributed by atoms with Crippen LogP contribution in [0, 0.1) is 6.92 Å². The molecule has 1 aliphatic heterocycles. The van der Waals surface area contributed by atoms with E-state index in [1.807, 2.05) is 25.1 Å². The maximum absolute atomic E-state index is 12.3. The number of rotatable bonds is 9. The van der Waals surface area contributed by atoms with E-state index in [0.717, 1.165) is 41.4 Å². The molecule has 0 saturated carbocycles. The lowest BCUT2D eigenvalue weighted by Gasteiger charge is -2.34. The van der Waals surface area contributed by atoms with Gasteiger partial charge in [-0.2, -0.15) is 4.98 Å². The molecule has 0 unspecified atom stereocenters. The standard InChI is InChI=1S/C25H26F3N5O4S/c1-16-29-21-12-20(6-7-22(21)38-16)35-15-18(34)13-32-8-10-33(11-9-32)14-23-30-24(31-37-23)17-2-4-19(5-3-17)36-25(26,27)28/h2-7,12,18,34H,8-11,13-15H2,1H3/t18-/m0/s1. The van der Waals surface area contributed by atoms with Gasteiger partial charge in [0.05, 0.1) is 21.8 Å². The summed E-state index contributed by atoms with van der Waals surface area (Å²) in [4.78, 5) is 13.2. The normalized spacial score (nSPS) is 16.1. The predicted molar refractivity (Wildman–Crippen MR) is 134 cm³/mol. The van der Waals surface area contributed by atoms with E-state index in [9.17, 15) is 18.3 Å². The maximum atomic E-state index is 12.3. The van der Waals surface area contributed by atoms with Crippen LogP contribution in [-0.4, -0.2) is 81.8 Å². The third kappa shape index (κ3) is 6.98. The molecule has 1 saturated heterocycles. The molecule has 3 heterocycles. The highest BCUT2D eigenvalue weighted by molar-refractivity contribution is 7.18. The molecule has 4 aromatic rings. The van der Waals surface area contributed by atoms with E-state index in [4.69, 9.17) is 9.26 Å². The Morgan fingerprint density at radius 3 is 2.47 bits per heavy atom. The number of aromatic nitrogens is 3. The van der Waals surface area contributed by atoms with Gasteiger partial charge < -0.3 is 19.1 Å². The van der Waals surface area contributed by atoms with Gasteiger partial charge in [0.1, 0.15) is 24.2 Å². The topological polar surface area (TPSA) is 97.0 Å². The molecule has 0 amide bonds. The number of ether oxygens (including phenoxy) is 2. The number of fused-ring (bicyclic) bond motifs is 1. The Balaban J connectivity index is 1.05. The summed E-state index contributed by atoms with van der Waals surface area (Å²) in [5.41, 5.74) is 1.43. The molecular weight excluding hydrogens is 523 g/mol. The molecule has 38 heavy (non-hydrogen) atoms. The Labute approximate surface area is 220 Å². The second-order valence-corrected chi connectivity index (χ2v) is 10.2. The first-order chi connectivity index (χ1) is 18.2. The van der Waals surface area contributed by atoms with Gasteiger partial charge in [-0.1, -0.05) is 5.16 Å². The van der Waals surface area contributed by atoms with Gasteiger partial charge in [0.25, 0.3) is 0 Å². The number of aryl methyl sites for hydroxylation is 1. The van der Waals surface area contributed by atoms with Crippen LogP contribution in [0.1, 0.15) is 10.9 Å². The van der Waals surface area contributed by atoms with Crippen LogP contribution in [0.5, 0.6) is 11.5 Å². The van der Waals surface area contributed by atoms with Crippen LogP contribution in [0.2, 0.25) is 0 Å². The fourth-order valence-electron chi connectivity index (χ4n) is 4.22. The molecule has 202 valence electrons. The Bertz CT molecular complexity index is 1350. The molecule has 9 nitrogen and oxygen atoms in total. The lowest BCUT2D eigenvalue weighted by Crippen LogP contribution is -2.48. The number of halogens is 3. The second kappa shape index (κ2) is 11.2. The first kappa shape index (κ1) is 26.4. The zero-order valence-electron chi connectivity index (χ0n) is 20.5. The molecule has 0 bridgehead atoms. The molecule has 1 fully saturated rings. The molecule has 1 atom stereocenters. The molecule has 1 aliphatic rings. The molecular formula is C25H26F3N5O4S. The Kier molecular flexibility index (Phi) is 7.79. The highest BCUT2D eigenvalue weighted by atomic mass is 32.1. The predicted octanol–water partition coefficient (Wildman–Crippen LogP) is 4.11. The summed E-state index contributed by atoms with van der Waals surface area (Å²) >= 11 is 1.64. The van der Waals surface area contributed by atoms with Gasteiger partial charge in [0, 0.05) is 44.4 Å². The summed E-state index contributed by atoms with van der Waals surface area (Å²) in [7, 11) is 0. The third-order valence-electron chi connectivity index (χ3n) is 6.02. The summed E-state index contributed by atoms with van der Waals surface area (Å²) < 4.78 is 53.1. The number of benzene rings is 2. The number of aliphatic hydroxyl groups excluding tert-OH is 1. The van der Waals surface area contributed by atoms with Crippen LogP contribution >= 0.6 is 11.3 Å². The van der Waals surface area contributed by atoms with Crippen LogP contribution in [0.15, 0.2) is 47.0 Å². The molecule has 0 spiro atoms. The van der Waals surface area contributed by atoms with E-state index < -0.39 is 12.5 Å². The number of aliphatic hydroxyl groups is 1. The van der Waals surface area contributed by atoms with E-state index >= 15 is 0 Å². The van der Waals surface area contributed by atoms with E-state index in [1.54, 1.807) is 11.3 Å². The SMILES string of the molecule is Cc1nc2cc(OC[C@@H](O)CN3CCN(Cc4nc(-c5ccc(OC(F)(F)F)cc5)no4)CC3)ccc2s1. The molecule has 2 aromatic carbocycles. The van der Waals surface area contributed by atoms with Gasteiger partial charge in [-0.3, -0.25) is 9.80 Å². The first-order valence-corrected chi connectivity index (χ1v) is 12.8. The van der Waals surface area contributed by atoms with Crippen LogP contribution in [0.25, 0.3) is 21.6 Å². The minimum absolute atomic E-state index is 0.197.